The van der Waals surface area contributed by atoms with Crippen molar-refractivity contribution in [2.75, 3.05) is 6.61 Å². The zero-order valence-corrected chi connectivity index (χ0v) is 12.8. The Morgan fingerprint density at radius 2 is 2.21 bits per heavy atom. The van der Waals surface area contributed by atoms with Crippen molar-refractivity contribution in [1.29, 1.82) is 0 Å². The highest BCUT2D eigenvalue weighted by Gasteiger charge is 2.04. The lowest BCUT2D eigenvalue weighted by Crippen LogP contribution is -2.07. The van der Waals surface area contributed by atoms with Crippen LogP contribution in [-0.2, 0) is 11.3 Å². The number of aliphatic hydroxyl groups is 1. The highest BCUT2D eigenvalue weighted by atomic mass is 32.1. The van der Waals surface area contributed by atoms with Gasteiger partial charge < -0.3 is 9.84 Å². The quantitative estimate of drug-likeness (QED) is 0.577. The van der Waals surface area contributed by atoms with Gasteiger partial charge in [-0.2, -0.15) is 0 Å². The van der Waals surface area contributed by atoms with Gasteiger partial charge >= 0.3 is 0 Å². The minimum absolute atomic E-state index is 0.0868. The summed E-state index contributed by atoms with van der Waals surface area (Å²) in [5, 5.41) is 10.6. The normalized spacial score (nSPS) is 11.9. The highest BCUT2D eigenvalue weighted by molar-refractivity contribution is 7.10. The molecule has 3 heteroatoms. The van der Waals surface area contributed by atoms with E-state index in [-0.39, 0.29) is 6.61 Å². The predicted octanol–water partition coefficient (Wildman–Crippen LogP) is 3.97. The van der Waals surface area contributed by atoms with Crippen LogP contribution >= 0.6 is 11.3 Å². The fourth-order valence-electron chi connectivity index (χ4n) is 1.83. The molecule has 0 fully saturated rings. The maximum absolute atomic E-state index is 8.64. The number of ether oxygens (including phenoxy) is 1. The highest BCUT2D eigenvalue weighted by Crippen LogP contribution is 2.17. The molecule has 0 bridgehead atoms. The number of aliphatic hydroxyl groups excluding tert-OH is 1. The van der Waals surface area contributed by atoms with Crippen LogP contribution in [0.2, 0.25) is 0 Å². The van der Waals surface area contributed by atoms with Crippen molar-refractivity contribution in [1.82, 2.24) is 0 Å². The van der Waals surface area contributed by atoms with Crippen LogP contribution in [0, 0.1) is 11.8 Å². The van der Waals surface area contributed by atoms with Gasteiger partial charge in [-0.3, -0.25) is 0 Å². The lowest BCUT2D eigenvalue weighted by atomic mass is 10.1. The smallest absolute Gasteiger partial charge is 0.104 e. The first-order valence-corrected chi connectivity index (χ1v) is 7.93. The van der Waals surface area contributed by atoms with E-state index in [0.717, 1.165) is 12.0 Å². The van der Waals surface area contributed by atoms with Crippen LogP contribution in [0.25, 0.3) is 0 Å². The molecular formula is C16H24O2S. The molecule has 0 aliphatic rings. The van der Waals surface area contributed by atoms with Gasteiger partial charge in [0.15, 0.2) is 0 Å². The van der Waals surface area contributed by atoms with Gasteiger partial charge in [-0.25, -0.2) is 0 Å². The van der Waals surface area contributed by atoms with E-state index >= 15 is 0 Å². The van der Waals surface area contributed by atoms with Gasteiger partial charge in [0.1, 0.15) is 6.61 Å². The molecule has 1 unspecified atom stereocenters. The second-order valence-corrected chi connectivity index (χ2v) is 5.73. The lowest BCUT2D eigenvalue weighted by molar-refractivity contribution is 0.0475. The second kappa shape index (κ2) is 10.0. The zero-order valence-electron chi connectivity index (χ0n) is 11.9. The van der Waals surface area contributed by atoms with Gasteiger partial charge in [0.2, 0.25) is 0 Å². The molecule has 1 rings (SSSR count). The molecular weight excluding hydrogens is 256 g/mol. The predicted molar refractivity (Wildman–Crippen MR) is 81.3 cm³/mol. The first kappa shape index (κ1) is 16.2. The summed E-state index contributed by atoms with van der Waals surface area (Å²) in [5.74, 6) is 5.56. The number of rotatable bonds is 8. The molecule has 0 aromatic carbocycles. The maximum Gasteiger partial charge on any atom is 0.104 e. The summed E-state index contributed by atoms with van der Waals surface area (Å²) in [5.41, 5.74) is 0.966. The molecule has 1 atom stereocenters. The van der Waals surface area contributed by atoms with E-state index in [0.29, 0.717) is 12.7 Å². The number of unbranched alkanes of at least 4 members (excludes halogenated alkanes) is 3. The SMILES string of the molecule is CCCCCCC(C)OCc1cc(C#CCO)cs1. The van der Waals surface area contributed by atoms with Crippen molar-refractivity contribution < 1.29 is 9.84 Å². The standard InChI is InChI=1S/C16H24O2S/c1-3-4-5-6-8-14(2)18-12-16-11-15(13-19-16)9-7-10-17/h11,13-14,17H,3-6,8,10,12H2,1-2H3. The summed E-state index contributed by atoms with van der Waals surface area (Å²) < 4.78 is 5.84. The molecule has 1 heterocycles. The van der Waals surface area contributed by atoms with Crippen LogP contribution < -0.4 is 0 Å². The van der Waals surface area contributed by atoms with Gasteiger partial charge in [0.05, 0.1) is 12.7 Å². The van der Waals surface area contributed by atoms with E-state index in [1.165, 1.54) is 30.6 Å². The Morgan fingerprint density at radius 3 is 2.95 bits per heavy atom. The molecule has 0 aliphatic heterocycles. The van der Waals surface area contributed by atoms with Crippen LogP contribution in [0.1, 0.15) is 56.4 Å². The van der Waals surface area contributed by atoms with Crippen molar-refractivity contribution in [3.8, 4) is 11.8 Å². The summed E-state index contributed by atoms with van der Waals surface area (Å²) in [4.78, 5) is 1.20. The van der Waals surface area contributed by atoms with Crippen LogP contribution in [-0.4, -0.2) is 17.8 Å². The molecule has 2 nitrogen and oxygen atoms in total. The van der Waals surface area contributed by atoms with Crippen LogP contribution in [0.3, 0.4) is 0 Å². The van der Waals surface area contributed by atoms with E-state index in [1.807, 2.05) is 11.4 Å². The average Bonchev–Trinajstić information content (AvgIpc) is 2.87. The maximum atomic E-state index is 8.64. The van der Waals surface area contributed by atoms with Gasteiger partial charge in [-0.15, -0.1) is 11.3 Å². The van der Waals surface area contributed by atoms with Crippen LogP contribution in [0.4, 0.5) is 0 Å². The van der Waals surface area contributed by atoms with Crippen molar-refractivity contribution in [3.63, 3.8) is 0 Å². The lowest BCUT2D eigenvalue weighted by Gasteiger charge is -2.11. The zero-order chi connectivity index (χ0) is 13.9. The van der Waals surface area contributed by atoms with Crippen LogP contribution in [0.5, 0.6) is 0 Å². The number of hydrogen-bond acceptors (Lipinski definition) is 3. The molecule has 0 saturated heterocycles. The Morgan fingerprint density at radius 1 is 1.37 bits per heavy atom. The minimum atomic E-state index is -0.0868. The Balaban J connectivity index is 2.22. The van der Waals surface area contributed by atoms with E-state index in [9.17, 15) is 0 Å². The van der Waals surface area contributed by atoms with Gasteiger partial charge in [-0.1, -0.05) is 44.4 Å². The molecule has 1 N–H and O–H groups in total. The third-order valence-electron chi connectivity index (χ3n) is 2.94. The van der Waals surface area contributed by atoms with Crippen molar-refractivity contribution in [3.05, 3.63) is 21.9 Å². The van der Waals surface area contributed by atoms with Gasteiger partial charge in [0, 0.05) is 15.8 Å². The van der Waals surface area contributed by atoms with Crippen LogP contribution in [0.15, 0.2) is 11.4 Å². The van der Waals surface area contributed by atoms with E-state index in [1.54, 1.807) is 11.3 Å². The summed E-state index contributed by atoms with van der Waals surface area (Å²) in [7, 11) is 0. The summed E-state index contributed by atoms with van der Waals surface area (Å²) in [6.45, 7) is 4.96. The molecule has 0 radical (unpaired) electrons. The molecule has 1 aromatic rings. The van der Waals surface area contributed by atoms with Crippen molar-refractivity contribution >= 4 is 11.3 Å². The molecule has 0 saturated carbocycles. The number of hydrogen-bond donors (Lipinski definition) is 1. The second-order valence-electron chi connectivity index (χ2n) is 4.73. The Hall–Kier alpha value is -0.820. The van der Waals surface area contributed by atoms with Crippen molar-refractivity contribution in [2.45, 2.75) is 58.7 Å². The Labute approximate surface area is 120 Å². The molecule has 0 spiro atoms. The molecule has 0 aliphatic carbocycles. The third-order valence-corrected chi connectivity index (χ3v) is 3.85. The molecule has 0 amide bonds. The van der Waals surface area contributed by atoms with Gasteiger partial charge in [-0.05, 0) is 19.4 Å². The molecule has 19 heavy (non-hydrogen) atoms. The third kappa shape index (κ3) is 7.37. The molecule has 106 valence electrons. The topological polar surface area (TPSA) is 29.5 Å². The summed E-state index contributed by atoms with van der Waals surface area (Å²) in [6, 6.07) is 2.04. The Kier molecular flexibility index (Phi) is 8.57. The fraction of sp³-hybridized carbons (Fsp3) is 0.625. The average molecular weight is 280 g/mol. The van der Waals surface area contributed by atoms with E-state index in [4.69, 9.17) is 9.84 Å². The monoisotopic (exact) mass is 280 g/mol. The van der Waals surface area contributed by atoms with Gasteiger partial charge in [0.25, 0.3) is 0 Å². The summed E-state index contributed by atoms with van der Waals surface area (Å²) >= 11 is 1.66. The molecule has 1 aromatic heterocycles. The van der Waals surface area contributed by atoms with E-state index in [2.05, 4.69) is 25.7 Å². The Bertz CT molecular complexity index is 400. The first-order valence-electron chi connectivity index (χ1n) is 7.05. The fourth-order valence-corrected chi connectivity index (χ4v) is 2.57. The first-order chi connectivity index (χ1) is 9.26. The van der Waals surface area contributed by atoms with Crippen molar-refractivity contribution in [2.24, 2.45) is 0 Å². The largest absolute Gasteiger partial charge is 0.384 e. The summed E-state index contributed by atoms with van der Waals surface area (Å²) in [6.07, 6.45) is 6.64. The van der Waals surface area contributed by atoms with E-state index < -0.39 is 0 Å². The number of thiophene rings is 1. The minimum Gasteiger partial charge on any atom is -0.384 e.